The smallest absolute Gasteiger partial charge is 0.320 e. The van der Waals surface area contributed by atoms with Crippen molar-refractivity contribution in [3.8, 4) is 28.7 Å². The van der Waals surface area contributed by atoms with Crippen LogP contribution in [0.15, 0.2) is 72.8 Å². The third kappa shape index (κ3) is 10.4. The van der Waals surface area contributed by atoms with Gasteiger partial charge < -0.3 is 44.4 Å². The topological polar surface area (TPSA) is 214 Å². The van der Waals surface area contributed by atoms with Crippen LogP contribution in [-0.2, 0) is 56.8 Å². The van der Waals surface area contributed by atoms with E-state index in [-0.39, 0.29) is 122 Å². The van der Waals surface area contributed by atoms with Crippen molar-refractivity contribution >= 4 is 35.9 Å². The van der Waals surface area contributed by atoms with E-state index < -0.39 is 29.5 Å². The Labute approximate surface area is 347 Å². The van der Waals surface area contributed by atoms with Crippen molar-refractivity contribution in [1.29, 1.82) is 0 Å². The number of fused-ring (bicyclic) bond motifs is 2. The molecule has 0 radical (unpaired) electrons. The molecule has 0 spiro atoms. The fourth-order valence-corrected chi connectivity index (χ4v) is 6.90. The van der Waals surface area contributed by atoms with Crippen molar-refractivity contribution in [3.63, 3.8) is 0 Å². The fraction of sp³-hybridized carbons (Fsp3) is 0.341. The first-order valence-electron chi connectivity index (χ1n) is 19.4. The molecule has 0 amide bonds. The van der Waals surface area contributed by atoms with E-state index in [1.54, 1.807) is 82.3 Å². The standard InChI is InChI=1S/C44H49N3O13/c1-5-55-38(50)23-46(24-39(51)56-6-2)21-31-36(49)19-17-34-42(31)60-43-32(22-47(25-40(52)57-7-3)26-41(53)58-8-4)37(59-30-15-13-29(45)14-16-30)20-18-35(43)44(34,54)33-12-10-9-11-28(33)27-48/h9-20,27,49,54H,5-8,21-26,45H2,1-4H3. The molecule has 1 heterocycles. The Bertz CT molecular complexity index is 2150. The van der Waals surface area contributed by atoms with Crippen molar-refractivity contribution in [1.82, 2.24) is 9.80 Å². The van der Waals surface area contributed by atoms with Crippen LogP contribution in [0, 0.1) is 0 Å². The minimum atomic E-state index is -2.17. The number of nitrogen functional groups attached to an aromatic ring is 1. The molecule has 0 saturated carbocycles. The molecule has 4 aromatic carbocycles. The van der Waals surface area contributed by atoms with E-state index in [1.807, 2.05) is 0 Å². The number of aromatic hydroxyl groups is 1. The molecule has 1 unspecified atom stereocenters. The minimum Gasteiger partial charge on any atom is -0.507 e. The number of aliphatic hydroxyl groups is 1. The van der Waals surface area contributed by atoms with Crippen LogP contribution < -0.4 is 15.2 Å². The number of nitrogens with two attached hydrogens (primary N) is 1. The molecule has 0 aromatic heterocycles. The van der Waals surface area contributed by atoms with Crippen LogP contribution in [0.1, 0.15) is 65.9 Å². The van der Waals surface area contributed by atoms with Gasteiger partial charge in [0.15, 0.2) is 0 Å². The first-order chi connectivity index (χ1) is 28.9. The Morgan fingerprint density at radius 2 is 1.12 bits per heavy atom. The molecule has 4 N–H and O–H groups in total. The fourth-order valence-electron chi connectivity index (χ4n) is 6.90. The van der Waals surface area contributed by atoms with E-state index in [9.17, 15) is 34.2 Å². The Hall–Kier alpha value is -6.49. The van der Waals surface area contributed by atoms with Crippen LogP contribution in [0.4, 0.5) is 5.69 Å². The summed E-state index contributed by atoms with van der Waals surface area (Å²) < 4.78 is 34.0. The number of anilines is 1. The summed E-state index contributed by atoms with van der Waals surface area (Å²) in [6.45, 7) is 4.88. The monoisotopic (exact) mass is 827 g/mol. The number of rotatable bonds is 20. The summed E-state index contributed by atoms with van der Waals surface area (Å²) >= 11 is 0. The van der Waals surface area contributed by atoms with E-state index in [0.29, 0.717) is 17.7 Å². The van der Waals surface area contributed by atoms with Crippen molar-refractivity contribution in [2.45, 2.75) is 46.4 Å². The number of aldehydes is 1. The van der Waals surface area contributed by atoms with Crippen LogP contribution in [0.2, 0.25) is 0 Å². The van der Waals surface area contributed by atoms with Crippen LogP contribution in [-0.4, -0.2) is 103 Å². The molecule has 0 bridgehead atoms. The number of carbonyl (C=O) groups is 5. The van der Waals surface area contributed by atoms with E-state index in [2.05, 4.69) is 0 Å². The third-order valence-corrected chi connectivity index (χ3v) is 9.42. The summed E-state index contributed by atoms with van der Waals surface area (Å²) in [6.07, 6.45) is 0.601. The molecular weight excluding hydrogens is 778 g/mol. The summed E-state index contributed by atoms with van der Waals surface area (Å²) in [5, 5.41) is 24.9. The highest BCUT2D eigenvalue weighted by molar-refractivity contribution is 5.81. The van der Waals surface area contributed by atoms with Gasteiger partial charge in [-0.05, 0) is 76.2 Å². The lowest BCUT2D eigenvalue weighted by atomic mass is 9.75. The average molecular weight is 828 g/mol. The quantitative estimate of drug-likeness (QED) is 0.0471. The number of hydrogen-bond acceptors (Lipinski definition) is 16. The first kappa shape index (κ1) is 44.6. The molecular formula is C44H49N3O13. The van der Waals surface area contributed by atoms with Gasteiger partial charge in [0.25, 0.3) is 0 Å². The average Bonchev–Trinajstić information content (AvgIpc) is 3.21. The van der Waals surface area contributed by atoms with Gasteiger partial charge in [0.05, 0.1) is 63.7 Å². The van der Waals surface area contributed by atoms with Gasteiger partial charge in [-0.2, -0.15) is 0 Å². The molecule has 0 saturated heterocycles. The first-order valence-corrected chi connectivity index (χ1v) is 19.4. The number of benzene rings is 4. The van der Waals surface area contributed by atoms with Gasteiger partial charge in [-0.15, -0.1) is 0 Å². The Balaban J connectivity index is 1.79. The minimum absolute atomic E-state index is 0.00875. The van der Waals surface area contributed by atoms with E-state index in [0.717, 1.165) is 0 Å². The third-order valence-electron chi connectivity index (χ3n) is 9.42. The van der Waals surface area contributed by atoms with Gasteiger partial charge in [0, 0.05) is 41.0 Å². The molecule has 1 aliphatic heterocycles. The number of carbonyl (C=O) groups excluding carboxylic acids is 5. The van der Waals surface area contributed by atoms with Gasteiger partial charge in [0.2, 0.25) is 0 Å². The van der Waals surface area contributed by atoms with Gasteiger partial charge in [-0.1, -0.05) is 24.3 Å². The van der Waals surface area contributed by atoms with Gasteiger partial charge in [-0.25, -0.2) is 0 Å². The molecule has 0 fully saturated rings. The Morgan fingerprint density at radius 3 is 1.62 bits per heavy atom. The molecule has 16 nitrogen and oxygen atoms in total. The molecule has 318 valence electrons. The van der Waals surface area contributed by atoms with Crippen molar-refractivity contribution in [2.24, 2.45) is 0 Å². The highest BCUT2D eigenvalue weighted by atomic mass is 16.5. The summed E-state index contributed by atoms with van der Waals surface area (Å²) in [5.41, 5.74) is 5.09. The number of phenols is 1. The number of esters is 4. The van der Waals surface area contributed by atoms with Crippen LogP contribution in [0.5, 0.6) is 28.7 Å². The zero-order chi connectivity index (χ0) is 43.4. The molecule has 16 heteroatoms. The molecule has 4 aromatic rings. The number of nitrogens with zero attached hydrogens (tertiary/aromatic N) is 2. The highest BCUT2D eigenvalue weighted by Crippen LogP contribution is 2.56. The van der Waals surface area contributed by atoms with Gasteiger partial charge in [-0.3, -0.25) is 33.8 Å². The number of hydrogen-bond donors (Lipinski definition) is 3. The van der Waals surface area contributed by atoms with Crippen LogP contribution in [0.3, 0.4) is 0 Å². The van der Waals surface area contributed by atoms with Gasteiger partial charge >= 0.3 is 23.9 Å². The number of phenolic OH excluding ortho intramolecular Hbond substituents is 1. The zero-order valence-corrected chi connectivity index (χ0v) is 33.9. The Morgan fingerprint density at radius 1 is 0.650 bits per heavy atom. The van der Waals surface area contributed by atoms with E-state index in [1.165, 1.54) is 28.0 Å². The van der Waals surface area contributed by atoms with Crippen LogP contribution >= 0.6 is 0 Å². The van der Waals surface area contributed by atoms with Crippen molar-refractivity contribution in [2.75, 3.05) is 58.3 Å². The van der Waals surface area contributed by atoms with Crippen molar-refractivity contribution < 1.29 is 62.6 Å². The molecule has 1 atom stereocenters. The van der Waals surface area contributed by atoms with E-state index in [4.69, 9.17) is 34.2 Å². The molecule has 1 aliphatic rings. The lowest BCUT2D eigenvalue weighted by Gasteiger charge is -2.39. The SMILES string of the molecule is CCOC(=O)CN(CC(=O)OCC)Cc1c(O)ccc2c1Oc1c(ccc(Oc3ccc(N)cc3)c1CN(CC(=O)OCC)CC(=O)OCC)C2(O)c1ccccc1C=O. The highest BCUT2D eigenvalue weighted by Gasteiger charge is 2.46. The molecule has 0 aliphatic carbocycles. The second-order valence-electron chi connectivity index (χ2n) is 13.6. The maximum absolute atomic E-state index is 13.3. The van der Waals surface area contributed by atoms with Crippen LogP contribution in [0.25, 0.3) is 0 Å². The summed E-state index contributed by atoms with van der Waals surface area (Å²) in [4.78, 5) is 67.0. The lowest BCUT2D eigenvalue weighted by Crippen LogP contribution is -2.38. The van der Waals surface area contributed by atoms with E-state index >= 15 is 0 Å². The second-order valence-corrected chi connectivity index (χ2v) is 13.6. The molecule has 60 heavy (non-hydrogen) atoms. The largest absolute Gasteiger partial charge is 0.507 e. The number of ether oxygens (including phenoxy) is 6. The summed E-state index contributed by atoms with van der Waals surface area (Å²) in [6, 6.07) is 18.9. The predicted molar refractivity (Wildman–Crippen MR) is 217 cm³/mol. The Kier molecular flexibility index (Phi) is 15.2. The summed E-state index contributed by atoms with van der Waals surface area (Å²) in [7, 11) is 0. The van der Waals surface area contributed by atoms with Gasteiger partial charge in [0.1, 0.15) is 40.6 Å². The lowest BCUT2D eigenvalue weighted by molar-refractivity contribution is -0.150. The summed E-state index contributed by atoms with van der Waals surface area (Å²) in [5.74, 6) is -2.43. The molecule has 5 rings (SSSR count). The predicted octanol–water partition coefficient (Wildman–Crippen LogP) is 4.83. The maximum Gasteiger partial charge on any atom is 0.320 e. The van der Waals surface area contributed by atoms with Crippen molar-refractivity contribution in [3.05, 3.63) is 106 Å². The second kappa shape index (κ2) is 20.5. The maximum atomic E-state index is 13.3. The zero-order valence-electron chi connectivity index (χ0n) is 33.9. The normalized spacial score (nSPS) is 14.1.